The largest absolute Gasteiger partial charge is 0.478 e. The van der Waals surface area contributed by atoms with Crippen molar-refractivity contribution in [2.45, 2.75) is 0 Å². The fraction of sp³-hybridized carbons (Fsp3) is 0. The maximum Gasteiger partial charge on any atom is 0.336 e. The van der Waals surface area contributed by atoms with Gasteiger partial charge >= 0.3 is 11.9 Å². The molecule has 0 radical (unpaired) electrons. The molecular weight excluding hydrogens is 202 g/mol. The second-order valence-electron chi connectivity index (χ2n) is 2.54. The van der Waals surface area contributed by atoms with Crippen molar-refractivity contribution < 1.29 is 24.6 Å². The average molecular weight is 207 g/mol. The van der Waals surface area contributed by atoms with Crippen LogP contribution in [0, 0.1) is 0 Å². The summed E-state index contributed by atoms with van der Waals surface area (Å²) in [6, 6.07) is 3.29. The van der Waals surface area contributed by atoms with Gasteiger partial charge in [-0.05, 0) is 18.2 Å². The van der Waals surface area contributed by atoms with E-state index in [0.29, 0.717) is 0 Å². The van der Waals surface area contributed by atoms with Gasteiger partial charge < -0.3 is 10.2 Å². The Morgan fingerprint density at radius 2 is 1.73 bits per heavy atom. The Kier molecular flexibility index (Phi) is 2.95. The van der Waals surface area contributed by atoms with Crippen molar-refractivity contribution in [1.82, 2.24) is 0 Å². The number of carboxylic acid groups (broad SMARTS) is 2. The lowest BCUT2D eigenvalue weighted by atomic mass is 10.1. The minimum absolute atomic E-state index is 0.0485. The minimum Gasteiger partial charge on any atom is -0.478 e. The standard InChI is InChI=1S/C9H5NO5/c11-4-10-5-1-2-6(8(12)13)7(3-5)9(14)15/h1-3H,(H,12,13)(H,14,15). The summed E-state index contributed by atoms with van der Waals surface area (Å²) >= 11 is 0. The molecule has 0 aliphatic rings. The molecule has 0 aliphatic carbocycles. The first-order valence-electron chi connectivity index (χ1n) is 3.74. The van der Waals surface area contributed by atoms with Crippen molar-refractivity contribution in [3.63, 3.8) is 0 Å². The average Bonchev–Trinajstić information content (AvgIpc) is 2.17. The Bertz CT molecular complexity index is 473. The van der Waals surface area contributed by atoms with Gasteiger partial charge in [-0.1, -0.05) is 0 Å². The highest BCUT2D eigenvalue weighted by molar-refractivity contribution is 6.02. The maximum atomic E-state index is 10.7. The molecule has 1 rings (SSSR count). The summed E-state index contributed by atoms with van der Waals surface area (Å²) in [5, 5.41) is 17.4. The first-order valence-corrected chi connectivity index (χ1v) is 3.74. The molecule has 0 aliphatic heterocycles. The zero-order chi connectivity index (χ0) is 11.4. The van der Waals surface area contributed by atoms with Crippen LogP contribution < -0.4 is 0 Å². The Labute approximate surface area is 83.5 Å². The number of hydrogen-bond acceptors (Lipinski definition) is 4. The Morgan fingerprint density at radius 3 is 2.20 bits per heavy atom. The van der Waals surface area contributed by atoms with Crippen LogP contribution in [0.5, 0.6) is 0 Å². The van der Waals surface area contributed by atoms with Crippen LogP contribution in [0.25, 0.3) is 0 Å². The van der Waals surface area contributed by atoms with Crippen molar-refractivity contribution in [2.75, 3.05) is 0 Å². The highest BCUT2D eigenvalue weighted by atomic mass is 16.4. The molecule has 0 heterocycles. The summed E-state index contributed by atoms with van der Waals surface area (Å²) in [4.78, 5) is 34.4. The molecule has 0 atom stereocenters. The molecule has 1 aromatic carbocycles. The van der Waals surface area contributed by atoms with Gasteiger partial charge in [0.25, 0.3) is 0 Å². The Hall–Kier alpha value is -2.46. The van der Waals surface area contributed by atoms with Crippen LogP contribution in [0.2, 0.25) is 0 Å². The lowest BCUT2D eigenvalue weighted by Gasteiger charge is -2.01. The van der Waals surface area contributed by atoms with E-state index >= 15 is 0 Å². The highest BCUT2D eigenvalue weighted by Crippen LogP contribution is 2.18. The third-order valence-electron chi connectivity index (χ3n) is 1.64. The molecule has 1 aromatic rings. The Balaban J connectivity index is 3.39. The molecule has 6 nitrogen and oxygen atoms in total. The molecular formula is C9H5NO5. The number of carbonyl (C=O) groups excluding carboxylic acids is 1. The van der Waals surface area contributed by atoms with Gasteiger partial charge in [-0.15, -0.1) is 0 Å². The van der Waals surface area contributed by atoms with E-state index in [-0.39, 0.29) is 11.3 Å². The van der Waals surface area contributed by atoms with Crippen molar-refractivity contribution in [3.05, 3.63) is 29.3 Å². The second kappa shape index (κ2) is 4.17. The predicted molar refractivity (Wildman–Crippen MR) is 48.1 cm³/mol. The number of carbonyl (C=O) groups is 2. The van der Waals surface area contributed by atoms with Crippen LogP contribution >= 0.6 is 0 Å². The second-order valence-corrected chi connectivity index (χ2v) is 2.54. The zero-order valence-electron chi connectivity index (χ0n) is 7.30. The number of aromatic carboxylic acids is 2. The van der Waals surface area contributed by atoms with E-state index < -0.39 is 17.5 Å². The van der Waals surface area contributed by atoms with Crippen molar-refractivity contribution >= 4 is 23.7 Å². The summed E-state index contributed by atoms with van der Waals surface area (Å²) < 4.78 is 0. The van der Waals surface area contributed by atoms with E-state index in [4.69, 9.17) is 10.2 Å². The van der Waals surface area contributed by atoms with Gasteiger partial charge in [0.2, 0.25) is 6.08 Å². The Morgan fingerprint density at radius 1 is 1.13 bits per heavy atom. The van der Waals surface area contributed by atoms with E-state index in [0.717, 1.165) is 12.1 Å². The lowest BCUT2D eigenvalue weighted by molar-refractivity contribution is 0.0651. The van der Waals surface area contributed by atoms with Crippen molar-refractivity contribution in [2.24, 2.45) is 4.99 Å². The quantitative estimate of drug-likeness (QED) is 0.569. The molecule has 6 heteroatoms. The fourth-order valence-corrected chi connectivity index (χ4v) is 1.02. The number of benzene rings is 1. The predicted octanol–water partition coefficient (Wildman–Crippen LogP) is 1.05. The molecule has 0 aromatic heterocycles. The van der Waals surface area contributed by atoms with Crippen LogP contribution in [0.4, 0.5) is 5.69 Å². The van der Waals surface area contributed by atoms with Crippen LogP contribution in [-0.2, 0) is 4.79 Å². The van der Waals surface area contributed by atoms with Crippen LogP contribution in [0.3, 0.4) is 0 Å². The fourth-order valence-electron chi connectivity index (χ4n) is 1.02. The number of isocyanates is 1. The van der Waals surface area contributed by atoms with Gasteiger partial charge in [0.05, 0.1) is 16.8 Å². The summed E-state index contributed by atoms with van der Waals surface area (Å²) in [7, 11) is 0. The van der Waals surface area contributed by atoms with Gasteiger partial charge in [-0.25, -0.2) is 14.4 Å². The number of carboxylic acids is 2. The number of hydrogen-bond donors (Lipinski definition) is 2. The van der Waals surface area contributed by atoms with Gasteiger partial charge in [0, 0.05) is 0 Å². The van der Waals surface area contributed by atoms with Gasteiger partial charge in [0.1, 0.15) is 0 Å². The molecule has 76 valence electrons. The normalized spacial score (nSPS) is 9.07. The SMILES string of the molecule is O=C=Nc1ccc(C(=O)O)c(C(=O)O)c1. The summed E-state index contributed by atoms with van der Waals surface area (Å²) in [6.45, 7) is 0. The van der Waals surface area contributed by atoms with Crippen molar-refractivity contribution in [1.29, 1.82) is 0 Å². The van der Waals surface area contributed by atoms with Crippen LogP contribution in [0.15, 0.2) is 23.2 Å². The van der Waals surface area contributed by atoms with E-state index in [1.54, 1.807) is 0 Å². The zero-order valence-corrected chi connectivity index (χ0v) is 7.30. The topological polar surface area (TPSA) is 104 Å². The third-order valence-corrected chi connectivity index (χ3v) is 1.64. The minimum atomic E-state index is -1.39. The third kappa shape index (κ3) is 2.26. The van der Waals surface area contributed by atoms with Crippen LogP contribution in [0.1, 0.15) is 20.7 Å². The molecule has 0 amide bonds. The molecule has 0 fully saturated rings. The van der Waals surface area contributed by atoms with E-state index in [1.807, 2.05) is 0 Å². The molecule has 0 bridgehead atoms. The number of aliphatic imine (C=N–C) groups is 1. The van der Waals surface area contributed by atoms with Gasteiger partial charge in [-0.3, -0.25) is 0 Å². The van der Waals surface area contributed by atoms with E-state index in [1.165, 1.54) is 12.1 Å². The summed E-state index contributed by atoms with van der Waals surface area (Å²) in [5.41, 5.74) is -0.723. The first kappa shape index (κ1) is 10.6. The molecule has 15 heavy (non-hydrogen) atoms. The summed E-state index contributed by atoms with van der Waals surface area (Å²) in [6.07, 6.45) is 1.23. The highest BCUT2D eigenvalue weighted by Gasteiger charge is 2.15. The number of rotatable bonds is 3. The van der Waals surface area contributed by atoms with Crippen LogP contribution in [-0.4, -0.2) is 28.2 Å². The molecule has 0 spiro atoms. The number of nitrogens with zero attached hydrogens (tertiary/aromatic N) is 1. The lowest BCUT2D eigenvalue weighted by Crippen LogP contribution is -2.07. The monoisotopic (exact) mass is 207 g/mol. The molecule has 0 unspecified atom stereocenters. The van der Waals surface area contributed by atoms with Gasteiger partial charge in [0.15, 0.2) is 0 Å². The van der Waals surface area contributed by atoms with E-state index in [9.17, 15) is 14.4 Å². The smallest absolute Gasteiger partial charge is 0.336 e. The molecule has 2 N–H and O–H groups in total. The molecule has 0 saturated heterocycles. The molecule has 0 saturated carbocycles. The van der Waals surface area contributed by atoms with Gasteiger partial charge in [-0.2, -0.15) is 4.99 Å². The first-order chi connectivity index (χ1) is 7.06. The maximum absolute atomic E-state index is 10.7. The van der Waals surface area contributed by atoms with Crippen molar-refractivity contribution in [3.8, 4) is 0 Å². The van der Waals surface area contributed by atoms with E-state index in [2.05, 4.69) is 4.99 Å². The summed E-state index contributed by atoms with van der Waals surface area (Å²) in [5.74, 6) is -2.75.